The van der Waals surface area contributed by atoms with Crippen molar-refractivity contribution in [2.24, 2.45) is 5.92 Å². The highest BCUT2D eigenvalue weighted by Gasteiger charge is 2.35. The van der Waals surface area contributed by atoms with Gasteiger partial charge in [-0.05, 0) is 70.9 Å². The second-order valence-electron chi connectivity index (χ2n) is 12.0. The number of hydrogen-bond acceptors (Lipinski definition) is 9. The van der Waals surface area contributed by atoms with Crippen LogP contribution < -0.4 is 15.4 Å². The van der Waals surface area contributed by atoms with Crippen LogP contribution in [-0.2, 0) is 28.7 Å². The number of benzene rings is 1. The Morgan fingerprint density at radius 1 is 1.07 bits per heavy atom. The standard InChI is InChI=1S/C31H41N5O8/c1-31(2,3)44-27(38)15-14-22(30(41)42-4)33-28(39)23-17-26(36(34-23)21-9-6-5-7-10-21)43-19-25(37)35-16-8-11-24(35)29(40)32-18-20-12-13-20/h5-7,9-10,17,20,22,24H,8,11-16,18-19H2,1-4H3,(H,32,40)(H,33,39)/t22-,24-/m0/s1. The van der Waals surface area contributed by atoms with Crippen molar-refractivity contribution in [1.29, 1.82) is 0 Å². The molecular formula is C31H41N5O8. The van der Waals surface area contributed by atoms with Crippen LogP contribution in [0.15, 0.2) is 36.4 Å². The number of esters is 2. The van der Waals surface area contributed by atoms with E-state index in [1.807, 2.05) is 6.07 Å². The van der Waals surface area contributed by atoms with Crippen LogP contribution in [-0.4, -0.2) is 88.8 Å². The lowest BCUT2D eigenvalue weighted by molar-refractivity contribution is -0.155. The van der Waals surface area contributed by atoms with E-state index in [1.165, 1.54) is 22.8 Å². The Kier molecular flexibility index (Phi) is 10.6. The molecule has 44 heavy (non-hydrogen) atoms. The summed E-state index contributed by atoms with van der Waals surface area (Å²) in [5, 5.41) is 9.90. The molecule has 0 unspecified atom stereocenters. The molecule has 1 aliphatic heterocycles. The van der Waals surface area contributed by atoms with Crippen LogP contribution in [0.1, 0.15) is 69.8 Å². The molecule has 0 bridgehead atoms. The van der Waals surface area contributed by atoms with Crippen LogP contribution in [0.3, 0.4) is 0 Å². The van der Waals surface area contributed by atoms with E-state index in [0.29, 0.717) is 31.1 Å². The first-order chi connectivity index (χ1) is 20.9. The average molecular weight is 612 g/mol. The number of aromatic nitrogens is 2. The largest absolute Gasteiger partial charge is 0.467 e. The van der Waals surface area contributed by atoms with Gasteiger partial charge in [-0.15, -0.1) is 0 Å². The van der Waals surface area contributed by atoms with E-state index >= 15 is 0 Å². The fourth-order valence-electron chi connectivity index (χ4n) is 4.85. The van der Waals surface area contributed by atoms with Gasteiger partial charge in [0.1, 0.15) is 17.7 Å². The number of carbonyl (C=O) groups excluding carboxylic acids is 5. The lowest BCUT2D eigenvalue weighted by Gasteiger charge is -2.24. The molecule has 1 saturated carbocycles. The Morgan fingerprint density at radius 3 is 2.45 bits per heavy atom. The summed E-state index contributed by atoms with van der Waals surface area (Å²) in [6, 6.07) is 8.58. The highest BCUT2D eigenvalue weighted by Crippen LogP contribution is 2.28. The summed E-state index contributed by atoms with van der Waals surface area (Å²) in [6.07, 6.45) is 3.37. The van der Waals surface area contributed by atoms with Gasteiger partial charge in [0.25, 0.3) is 11.8 Å². The second-order valence-corrected chi connectivity index (χ2v) is 12.0. The first-order valence-electron chi connectivity index (χ1n) is 14.9. The summed E-state index contributed by atoms with van der Waals surface area (Å²) in [7, 11) is 1.18. The smallest absolute Gasteiger partial charge is 0.328 e. The van der Waals surface area contributed by atoms with Gasteiger partial charge in [0.2, 0.25) is 11.8 Å². The Hall–Kier alpha value is -4.42. The number of amides is 3. The lowest BCUT2D eigenvalue weighted by Crippen LogP contribution is -2.47. The molecule has 2 aromatic rings. The molecule has 238 valence electrons. The molecule has 13 heteroatoms. The molecule has 2 aliphatic rings. The minimum Gasteiger partial charge on any atom is -0.467 e. The molecule has 2 atom stereocenters. The third-order valence-corrected chi connectivity index (χ3v) is 7.24. The summed E-state index contributed by atoms with van der Waals surface area (Å²) < 4.78 is 17.4. The predicted octanol–water partition coefficient (Wildman–Crippen LogP) is 2.16. The Balaban J connectivity index is 1.45. The molecule has 4 rings (SSSR count). The SMILES string of the molecule is COC(=O)[C@H](CCC(=O)OC(C)(C)C)NC(=O)c1cc(OCC(=O)N2CCC[C@H]2C(=O)NCC2CC2)n(-c2ccccc2)n1. The summed E-state index contributed by atoms with van der Waals surface area (Å²) in [5.74, 6) is -1.81. The molecule has 1 aromatic carbocycles. The first kappa shape index (κ1) is 32.5. The lowest BCUT2D eigenvalue weighted by atomic mass is 10.1. The maximum atomic E-state index is 13.2. The number of nitrogens with one attached hydrogen (secondary N) is 2. The van der Waals surface area contributed by atoms with E-state index in [1.54, 1.807) is 45.0 Å². The molecule has 0 radical (unpaired) electrons. The number of ether oxygens (including phenoxy) is 3. The number of hydrogen-bond donors (Lipinski definition) is 2. The highest BCUT2D eigenvalue weighted by molar-refractivity contribution is 5.95. The average Bonchev–Trinajstić information content (AvgIpc) is 3.50. The van der Waals surface area contributed by atoms with E-state index < -0.39 is 35.5 Å². The van der Waals surface area contributed by atoms with Gasteiger partial charge in [0, 0.05) is 25.6 Å². The van der Waals surface area contributed by atoms with Gasteiger partial charge in [0.15, 0.2) is 12.3 Å². The molecule has 1 aliphatic carbocycles. The third kappa shape index (κ3) is 9.04. The van der Waals surface area contributed by atoms with Gasteiger partial charge < -0.3 is 29.7 Å². The molecule has 0 spiro atoms. The maximum Gasteiger partial charge on any atom is 0.328 e. The van der Waals surface area contributed by atoms with Crippen LogP contribution in [0.25, 0.3) is 5.69 Å². The predicted molar refractivity (Wildman–Crippen MR) is 158 cm³/mol. The second kappa shape index (κ2) is 14.4. The minimum atomic E-state index is -1.13. The van der Waals surface area contributed by atoms with Crippen molar-refractivity contribution in [3.8, 4) is 11.6 Å². The monoisotopic (exact) mass is 611 g/mol. The molecular weight excluding hydrogens is 570 g/mol. The number of para-hydroxylation sites is 1. The van der Waals surface area contributed by atoms with Crippen molar-refractivity contribution < 1.29 is 38.2 Å². The fourth-order valence-corrected chi connectivity index (χ4v) is 4.85. The van der Waals surface area contributed by atoms with Crippen LogP contribution in [0, 0.1) is 5.92 Å². The van der Waals surface area contributed by atoms with E-state index in [9.17, 15) is 24.0 Å². The van der Waals surface area contributed by atoms with Crippen LogP contribution in [0.4, 0.5) is 0 Å². The quantitative estimate of drug-likeness (QED) is 0.324. The van der Waals surface area contributed by atoms with E-state index in [-0.39, 0.29) is 42.8 Å². The minimum absolute atomic E-state index is 0.0458. The summed E-state index contributed by atoms with van der Waals surface area (Å²) in [5.41, 5.74) is -0.204. The fraction of sp³-hybridized carbons (Fsp3) is 0.548. The maximum absolute atomic E-state index is 13.2. The van der Waals surface area contributed by atoms with Gasteiger partial charge in [-0.1, -0.05) is 18.2 Å². The van der Waals surface area contributed by atoms with E-state index in [2.05, 4.69) is 15.7 Å². The zero-order chi connectivity index (χ0) is 31.9. The van der Waals surface area contributed by atoms with Crippen LogP contribution in [0.2, 0.25) is 0 Å². The molecule has 2 N–H and O–H groups in total. The molecule has 2 fully saturated rings. The molecule has 13 nitrogen and oxygen atoms in total. The first-order valence-corrected chi connectivity index (χ1v) is 14.9. The number of nitrogens with zero attached hydrogens (tertiary/aromatic N) is 3. The Morgan fingerprint density at radius 2 is 1.80 bits per heavy atom. The van der Waals surface area contributed by atoms with Crippen molar-refractivity contribution in [3.63, 3.8) is 0 Å². The van der Waals surface area contributed by atoms with Gasteiger partial charge in [-0.2, -0.15) is 5.10 Å². The van der Waals surface area contributed by atoms with Crippen molar-refractivity contribution in [2.75, 3.05) is 26.8 Å². The van der Waals surface area contributed by atoms with Gasteiger partial charge in [-0.3, -0.25) is 19.2 Å². The molecule has 1 saturated heterocycles. The zero-order valence-electron chi connectivity index (χ0n) is 25.7. The van der Waals surface area contributed by atoms with Crippen LogP contribution in [0.5, 0.6) is 5.88 Å². The van der Waals surface area contributed by atoms with Gasteiger partial charge >= 0.3 is 11.9 Å². The van der Waals surface area contributed by atoms with Crippen molar-refractivity contribution in [1.82, 2.24) is 25.3 Å². The van der Waals surface area contributed by atoms with Gasteiger partial charge in [0.05, 0.1) is 12.8 Å². The Bertz CT molecular complexity index is 1350. The summed E-state index contributed by atoms with van der Waals surface area (Å²) >= 11 is 0. The summed E-state index contributed by atoms with van der Waals surface area (Å²) in [4.78, 5) is 65.3. The highest BCUT2D eigenvalue weighted by atomic mass is 16.6. The van der Waals surface area contributed by atoms with E-state index in [0.717, 1.165) is 19.3 Å². The van der Waals surface area contributed by atoms with Gasteiger partial charge in [-0.25, -0.2) is 9.48 Å². The third-order valence-electron chi connectivity index (χ3n) is 7.24. The number of methoxy groups -OCH3 is 1. The van der Waals surface area contributed by atoms with Crippen molar-refractivity contribution in [3.05, 3.63) is 42.1 Å². The van der Waals surface area contributed by atoms with Crippen molar-refractivity contribution >= 4 is 29.7 Å². The molecule has 3 amide bonds. The van der Waals surface area contributed by atoms with E-state index in [4.69, 9.17) is 14.2 Å². The normalized spacial score (nSPS) is 17.0. The Labute approximate surface area is 256 Å². The summed E-state index contributed by atoms with van der Waals surface area (Å²) in [6.45, 7) is 5.91. The zero-order valence-corrected chi connectivity index (χ0v) is 25.7. The topological polar surface area (TPSA) is 158 Å². The number of rotatable bonds is 13. The molecule has 1 aromatic heterocycles. The number of likely N-dealkylation sites (tertiary alicyclic amines) is 1. The molecule has 2 heterocycles. The van der Waals surface area contributed by atoms with Crippen molar-refractivity contribution in [2.45, 2.75) is 77.0 Å². The van der Waals surface area contributed by atoms with Crippen LogP contribution >= 0.6 is 0 Å². The number of carbonyl (C=O) groups is 5.